The van der Waals surface area contributed by atoms with E-state index in [1.54, 1.807) is 65.6 Å². The number of rotatable bonds is 22. The van der Waals surface area contributed by atoms with Crippen LogP contribution >= 0.6 is 0 Å². The van der Waals surface area contributed by atoms with Crippen LogP contribution in [0.5, 0.6) is 23.0 Å². The number of imide groups is 1. The summed E-state index contributed by atoms with van der Waals surface area (Å²) in [4.78, 5) is 104. The van der Waals surface area contributed by atoms with Crippen LogP contribution in [-0.2, 0) is 24.0 Å². The van der Waals surface area contributed by atoms with E-state index in [0.717, 1.165) is 23.1 Å². The lowest BCUT2D eigenvalue weighted by atomic mass is 9.92. The molecule has 0 fully saturated rings. The largest absolute Gasteiger partial charge is 0.493 e. The fraction of sp³-hybridized carbons (Fsp3) is 0.400. The standard InChI is InChI=1S/C55H61N7O11/c1-32(2)52(59-49(64)11-8-7-9-18-60-50(65)16-17-51(60)66)44(63)22-34(4)53(67)58-37-14-12-35(13-15-37)36-23-39-29-57-43-27-48(46(71-6)25-41(43)55(69)62(39)31-36)73-20-10-19-72-47-26-42-40(24-45(47)70-5)54(68)61-30-33(3)21-38(61)28-56-42/h12-17,24-32,34,38-39,52H,7-11,18-23H2,1-6H3,(H,58,67)(H,59,64)/t34-,38+,39+,52+/m1/s1. The summed E-state index contributed by atoms with van der Waals surface area (Å²) in [5.74, 6) is -1.07. The number of carbonyl (C=O) groups is 7. The number of unbranched alkanes of at least 4 members (excludes halogenated alkanes) is 2. The molecular weight excluding hydrogens is 935 g/mol. The fourth-order valence-electron chi connectivity index (χ4n) is 9.35. The van der Waals surface area contributed by atoms with Gasteiger partial charge in [-0.3, -0.25) is 48.4 Å². The van der Waals surface area contributed by atoms with E-state index in [-0.39, 0.29) is 85.3 Å². The van der Waals surface area contributed by atoms with Crippen molar-refractivity contribution in [3.63, 3.8) is 0 Å². The Bertz CT molecular complexity index is 2830. The molecule has 0 aliphatic carbocycles. The molecule has 0 radical (unpaired) electrons. The van der Waals surface area contributed by atoms with Gasteiger partial charge in [-0.1, -0.05) is 44.9 Å². The van der Waals surface area contributed by atoms with Gasteiger partial charge in [0.1, 0.15) is 0 Å². The van der Waals surface area contributed by atoms with Crippen molar-refractivity contribution >= 4 is 76.3 Å². The van der Waals surface area contributed by atoms with Crippen LogP contribution in [0, 0.1) is 11.8 Å². The average molecular weight is 996 g/mol. The first-order valence-corrected chi connectivity index (χ1v) is 24.7. The average Bonchev–Trinajstić information content (AvgIpc) is 4.03. The maximum absolute atomic E-state index is 14.1. The molecule has 3 aromatic carbocycles. The Hall–Kier alpha value is -7.89. The van der Waals surface area contributed by atoms with E-state index in [1.807, 2.05) is 45.3 Å². The van der Waals surface area contributed by atoms with E-state index in [4.69, 9.17) is 23.9 Å². The molecule has 2 N–H and O–H groups in total. The molecule has 73 heavy (non-hydrogen) atoms. The highest BCUT2D eigenvalue weighted by molar-refractivity contribution is 6.13. The zero-order valence-electron chi connectivity index (χ0n) is 42.0. The topological polar surface area (TPSA) is 215 Å². The number of fused-ring (bicyclic) bond motifs is 4. The molecule has 0 saturated carbocycles. The minimum atomic E-state index is -0.755. The first-order chi connectivity index (χ1) is 35.1. The zero-order valence-corrected chi connectivity index (χ0v) is 42.0. The van der Waals surface area contributed by atoms with E-state index >= 15 is 0 Å². The predicted octanol–water partition coefficient (Wildman–Crippen LogP) is 7.52. The summed E-state index contributed by atoms with van der Waals surface area (Å²) in [7, 11) is 3.03. The van der Waals surface area contributed by atoms with Gasteiger partial charge in [-0.05, 0) is 67.5 Å². The molecule has 6 amide bonds. The minimum Gasteiger partial charge on any atom is -0.493 e. The van der Waals surface area contributed by atoms with Gasteiger partial charge in [0.15, 0.2) is 28.8 Å². The molecule has 18 heteroatoms. The molecule has 5 heterocycles. The van der Waals surface area contributed by atoms with Crippen molar-refractivity contribution < 1.29 is 52.5 Å². The SMILES string of the molecule is COc1cc2c(cc1OCCCOc1cc3c(cc1OC)C(=O)N1C=C(c4ccc(NC(=O)[C@H](C)CC(=O)[C@@H](NC(=O)CCCCCN5C(=O)C=CC5=O)C(C)C)cc4)C[C@H]1C=N3)N=C[C@@H]1CC(C)=CN1C2=O. The zero-order chi connectivity index (χ0) is 51.9. The first-order valence-electron chi connectivity index (χ1n) is 24.7. The molecule has 3 aromatic rings. The molecule has 0 unspecified atom stereocenters. The Kier molecular flexibility index (Phi) is 16.0. The van der Waals surface area contributed by atoms with Gasteiger partial charge in [0.05, 0.1) is 68.1 Å². The third kappa shape index (κ3) is 11.7. The summed E-state index contributed by atoms with van der Waals surface area (Å²) in [5, 5.41) is 5.74. The Balaban J connectivity index is 0.802. The normalized spacial score (nSPS) is 18.3. The van der Waals surface area contributed by atoms with Gasteiger partial charge in [0.2, 0.25) is 11.8 Å². The Morgan fingerprint density at radius 1 is 0.712 bits per heavy atom. The quantitative estimate of drug-likeness (QED) is 0.0742. The number of hydrogen-bond donors (Lipinski definition) is 2. The number of amides is 6. The van der Waals surface area contributed by atoms with Crippen molar-refractivity contribution in [2.24, 2.45) is 21.8 Å². The van der Waals surface area contributed by atoms with Crippen molar-refractivity contribution in [3.05, 3.63) is 95.3 Å². The number of nitrogens with one attached hydrogen (secondary N) is 2. The second kappa shape index (κ2) is 22.7. The van der Waals surface area contributed by atoms with Crippen molar-refractivity contribution in [3.8, 4) is 23.0 Å². The van der Waals surface area contributed by atoms with E-state index in [0.29, 0.717) is 89.8 Å². The van der Waals surface area contributed by atoms with Crippen molar-refractivity contribution in [1.29, 1.82) is 0 Å². The fourth-order valence-corrected chi connectivity index (χ4v) is 9.35. The summed E-state index contributed by atoms with van der Waals surface area (Å²) in [6.45, 7) is 8.18. The third-order valence-electron chi connectivity index (χ3n) is 13.4. The van der Waals surface area contributed by atoms with Crippen LogP contribution in [-0.4, -0.2) is 120 Å². The van der Waals surface area contributed by atoms with Crippen LogP contribution in [0.3, 0.4) is 0 Å². The third-order valence-corrected chi connectivity index (χ3v) is 13.4. The molecule has 0 spiro atoms. The summed E-state index contributed by atoms with van der Waals surface area (Å²) < 4.78 is 23.5. The maximum Gasteiger partial charge on any atom is 0.260 e. The second-order valence-electron chi connectivity index (χ2n) is 19.1. The van der Waals surface area contributed by atoms with Gasteiger partial charge in [0.25, 0.3) is 23.6 Å². The molecule has 5 aliphatic rings. The highest BCUT2D eigenvalue weighted by Crippen LogP contribution is 2.41. The van der Waals surface area contributed by atoms with Crippen LogP contribution < -0.4 is 29.6 Å². The van der Waals surface area contributed by atoms with Gasteiger partial charge >= 0.3 is 0 Å². The molecular formula is C55H61N7O11. The van der Waals surface area contributed by atoms with Gasteiger partial charge in [-0.2, -0.15) is 0 Å². The number of nitrogens with zero attached hydrogens (tertiary/aromatic N) is 5. The van der Waals surface area contributed by atoms with Gasteiger partial charge in [-0.25, -0.2) is 0 Å². The van der Waals surface area contributed by atoms with Crippen molar-refractivity contribution in [2.45, 2.75) is 97.2 Å². The number of benzene rings is 3. The molecule has 8 rings (SSSR count). The summed E-state index contributed by atoms with van der Waals surface area (Å²) in [5.41, 5.74) is 5.20. The summed E-state index contributed by atoms with van der Waals surface area (Å²) in [6, 6.07) is 12.8. The first kappa shape index (κ1) is 51.5. The number of ketones is 1. The molecule has 5 aliphatic heterocycles. The highest BCUT2D eigenvalue weighted by atomic mass is 16.5. The van der Waals surface area contributed by atoms with Crippen LogP contribution in [0.1, 0.15) is 105 Å². The predicted molar refractivity (Wildman–Crippen MR) is 274 cm³/mol. The second-order valence-corrected chi connectivity index (χ2v) is 19.1. The smallest absolute Gasteiger partial charge is 0.260 e. The van der Waals surface area contributed by atoms with Gasteiger partial charge in [-0.15, -0.1) is 0 Å². The molecule has 0 bridgehead atoms. The minimum absolute atomic E-state index is 0.0643. The van der Waals surface area contributed by atoms with E-state index in [1.165, 1.54) is 31.3 Å². The summed E-state index contributed by atoms with van der Waals surface area (Å²) >= 11 is 0. The number of ether oxygens (including phenoxy) is 4. The summed E-state index contributed by atoms with van der Waals surface area (Å²) in [6.07, 6.45) is 13.3. The molecule has 0 saturated heterocycles. The van der Waals surface area contributed by atoms with Gasteiger partial charge < -0.3 is 39.4 Å². The number of Topliss-reactive ketones (excluding diaryl/α,β-unsaturated/α-hetero) is 1. The lowest BCUT2D eigenvalue weighted by molar-refractivity contribution is -0.137. The molecule has 18 nitrogen and oxygen atoms in total. The van der Waals surface area contributed by atoms with Crippen molar-refractivity contribution in [1.82, 2.24) is 20.0 Å². The van der Waals surface area contributed by atoms with E-state index in [9.17, 15) is 33.6 Å². The molecule has 0 aromatic heterocycles. The maximum atomic E-state index is 14.1. The molecule has 4 atom stereocenters. The monoisotopic (exact) mass is 995 g/mol. The molecule has 382 valence electrons. The Morgan fingerprint density at radius 2 is 1.29 bits per heavy atom. The van der Waals surface area contributed by atoms with Crippen molar-refractivity contribution in [2.75, 3.05) is 39.3 Å². The number of methoxy groups -OCH3 is 2. The lowest BCUT2D eigenvalue weighted by Crippen LogP contribution is -2.45. The number of hydrogen-bond acceptors (Lipinski definition) is 13. The Morgan fingerprint density at radius 3 is 1.86 bits per heavy atom. The van der Waals surface area contributed by atoms with Crippen LogP contribution in [0.25, 0.3) is 5.57 Å². The number of anilines is 1. The van der Waals surface area contributed by atoms with Gasteiger partial charge in [0, 0.05) is 92.9 Å². The Labute approximate surface area is 424 Å². The number of aliphatic imine (C=N–C) groups is 2. The lowest BCUT2D eigenvalue weighted by Gasteiger charge is -2.23. The van der Waals surface area contributed by atoms with Crippen LogP contribution in [0.2, 0.25) is 0 Å². The number of carbonyl (C=O) groups excluding carboxylic acids is 7. The van der Waals surface area contributed by atoms with E-state index < -0.39 is 12.0 Å². The van der Waals surface area contributed by atoms with E-state index in [2.05, 4.69) is 15.6 Å². The highest BCUT2D eigenvalue weighted by Gasteiger charge is 2.35. The van der Waals surface area contributed by atoms with Crippen LogP contribution in [0.4, 0.5) is 17.1 Å². The van der Waals surface area contributed by atoms with Crippen LogP contribution in [0.15, 0.2) is 88.6 Å².